The van der Waals surface area contributed by atoms with Crippen molar-refractivity contribution in [2.24, 2.45) is 0 Å². The highest BCUT2D eigenvalue weighted by Gasteiger charge is 2.20. The summed E-state index contributed by atoms with van der Waals surface area (Å²) in [7, 11) is -2.41. The molecule has 2 aromatic carbocycles. The first-order valence-electron chi connectivity index (χ1n) is 7.52. The predicted molar refractivity (Wildman–Crippen MR) is 90.0 cm³/mol. The number of hydrogen-bond donors (Lipinski definition) is 0. The van der Waals surface area contributed by atoms with Crippen LogP contribution in [0.25, 0.3) is 0 Å². The van der Waals surface area contributed by atoms with Crippen LogP contribution in [0.1, 0.15) is 18.1 Å². The molecule has 2 rings (SSSR count). The molecular formula is C18H20O5S. The predicted octanol–water partition coefficient (Wildman–Crippen LogP) is 2.94. The van der Waals surface area contributed by atoms with Gasteiger partial charge in [-0.2, -0.15) is 0 Å². The lowest BCUT2D eigenvalue weighted by molar-refractivity contribution is -0.139. The Labute approximate surface area is 142 Å². The molecule has 5 nitrogen and oxygen atoms in total. The van der Waals surface area contributed by atoms with E-state index in [2.05, 4.69) is 4.74 Å². The summed E-state index contributed by atoms with van der Waals surface area (Å²) in [5, 5.41) is 0. The monoisotopic (exact) mass is 348 g/mol. The van der Waals surface area contributed by atoms with Gasteiger partial charge in [0.05, 0.1) is 29.9 Å². The van der Waals surface area contributed by atoms with Crippen molar-refractivity contribution in [2.45, 2.75) is 30.1 Å². The molecule has 0 bridgehead atoms. The van der Waals surface area contributed by atoms with Crippen molar-refractivity contribution in [3.8, 4) is 5.75 Å². The first-order valence-corrected chi connectivity index (χ1v) is 9.00. The van der Waals surface area contributed by atoms with E-state index in [1.807, 2.05) is 19.9 Å². The van der Waals surface area contributed by atoms with E-state index in [1.54, 1.807) is 24.3 Å². The fraction of sp³-hybridized carbons (Fsp3) is 0.278. The van der Waals surface area contributed by atoms with Crippen LogP contribution in [0.3, 0.4) is 0 Å². The maximum Gasteiger partial charge on any atom is 0.309 e. The van der Waals surface area contributed by atoms with Gasteiger partial charge < -0.3 is 9.47 Å². The molecule has 6 heteroatoms. The van der Waals surface area contributed by atoms with Crippen LogP contribution in [0.4, 0.5) is 0 Å². The van der Waals surface area contributed by atoms with Gasteiger partial charge in [0, 0.05) is 0 Å². The second-order valence-corrected chi connectivity index (χ2v) is 7.27. The Morgan fingerprint density at radius 2 is 1.83 bits per heavy atom. The van der Waals surface area contributed by atoms with Gasteiger partial charge in [0.1, 0.15) is 5.75 Å². The van der Waals surface area contributed by atoms with E-state index in [9.17, 15) is 13.2 Å². The smallest absolute Gasteiger partial charge is 0.309 e. The minimum absolute atomic E-state index is 0.0201. The van der Waals surface area contributed by atoms with Gasteiger partial charge in [-0.3, -0.25) is 4.79 Å². The SMILES string of the molecule is CCOc1cc(CC(=O)OC)cc(S(=O)(=O)c2cccc(C)c2)c1. The molecular weight excluding hydrogens is 328 g/mol. The molecule has 0 fully saturated rings. The van der Waals surface area contributed by atoms with Gasteiger partial charge in [-0.25, -0.2) is 8.42 Å². The second-order valence-electron chi connectivity index (χ2n) is 5.32. The summed E-state index contributed by atoms with van der Waals surface area (Å²) in [6.45, 7) is 4.03. The average molecular weight is 348 g/mol. The Kier molecular flexibility index (Phi) is 5.62. The highest BCUT2D eigenvalue weighted by atomic mass is 32.2. The van der Waals surface area contributed by atoms with E-state index in [1.165, 1.54) is 19.2 Å². The van der Waals surface area contributed by atoms with Crippen molar-refractivity contribution >= 4 is 15.8 Å². The van der Waals surface area contributed by atoms with E-state index in [-0.39, 0.29) is 16.2 Å². The number of carbonyl (C=O) groups is 1. The zero-order valence-electron chi connectivity index (χ0n) is 13.9. The molecule has 0 heterocycles. The highest BCUT2D eigenvalue weighted by molar-refractivity contribution is 7.91. The molecule has 0 unspecified atom stereocenters. The third-order valence-corrected chi connectivity index (χ3v) is 5.17. The van der Waals surface area contributed by atoms with Crippen LogP contribution in [0.5, 0.6) is 5.75 Å². The maximum atomic E-state index is 12.9. The molecule has 0 aliphatic carbocycles. The van der Waals surface area contributed by atoms with Crippen LogP contribution in [0.15, 0.2) is 52.3 Å². The van der Waals surface area contributed by atoms with Crippen LogP contribution >= 0.6 is 0 Å². The molecule has 0 amide bonds. The van der Waals surface area contributed by atoms with Crippen molar-refractivity contribution in [3.63, 3.8) is 0 Å². The van der Waals surface area contributed by atoms with Crippen LogP contribution in [0, 0.1) is 6.92 Å². The van der Waals surface area contributed by atoms with Crippen LogP contribution in [0.2, 0.25) is 0 Å². The van der Waals surface area contributed by atoms with Crippen molar-refractivity contribution < 1.29 is 22.7 Å². The summed E-state index contributed by atoms with van der Waals surface area (Å²) in [5.74, 6) is -0.0346. The number of benzene rings is 2. The molecule has 128 valence electrons. The summed E-state index contributed by atoms with van der Waals surface area (Å²) < 4.78 is 35.8. The number of hydrogen-bond acceptors (Lipinski definition) is 5. The van der Waals surface area contributed by atoms with Crippen LogP contribution < -0.4 is 4.74 Å². The van der Waals surface area contributed by atoms with Crippen molar-refractivity contribution in [1.82, 2.24) is 0 Å². The summed E-state index contributed by atoms with van der Waals surface area (Å²) in [5.41, 5.74) is 1.38. The lowest BCUT2D eigenvalue weighted by atomic mass is 10.1. The Balaban J connectivity index is 2.53. The Morgan fingerprint density at radius 3 is 2.46 bits per heavy atom. The molecule has 24 heavy (non-hydrogen) atoms. The highest BCUT2D eigenvalue weighted by Crippen LogP contribution is 2.27. The minimum atomic E-state index is -3.70. The van der Waals surface area contributed by atoms with Crippen LogP contribution in [-0.4, -0.2) is 28.1 Å². The number of sulfone groups is 1. The van der Waals surface area contributed by atoms with Gasteiger partial charge in [-0.1, -0.05) is 12.1 Å². The first-order chi connectivity index (χ1) is 11.4. The van der Waals surface area contributed by atoms with Gasteiger partial charge in [-0.15, -0.1) is 0 Å². The lowest BCUT2D eigenvalue weighted by Gasteiger charge is -2.11. The minimum Gasteiger partial charge on any atom is -0.494 e. The molecule has 2 aromatic rings. The fourth-order valence-electron chi connectivity index (χ4n) is 2.30. The van der Waals surface area contributed by atoms with E-state index < -0.39 is 15.8 Å². The molecule has 0 N–H and O–H groups in total. The summed E-state index contributed by atoms with van der Waals surface area (Å²) in [6, 6.07) is 11.3. The number of aryl methyl sites for hydroxylation is 1. The largest absolute Gasteiger partial charge is 0.494 e. The van der Waals surface area contributed by atoms with Gasteiger partial charge in [-0.05, 0) is 55.3 Å². The molecule has 0 aliphatic heterocycles. The van der Waals surface area contributed by atoms with Gasteiger partial charge in [0.2, 0.25) is 9.84 Å². The third kappa shape index (κ3) is 4.14. The van der Waals surface area contributed by atoms with E-state index in [0.717, 1.165) is 5.56 Å². The summed E-state index contributed by atoms with van der Waals surface area (Å²) in [4.78, 5) is 11.8. The Morgan fingerprint density at radius 1 is 1.08 bits per heavy atom. The standard InChI is InChI=1S/C18H20O5S/c1-4-23-15-9-14(11-18(19)22-3)10-17(12-15)24(20,21)16-7-5-6-13(2)8-16/h5-10,12H,4,11H2,1-3H3. The molecule has 0 aliphatic rings. The van der Waals surface area contributed by atoms with Gasteiger partial charge in [0.25, 0.3) is 0 Å². The first kappa shape index (κ1) is 18.0. The molecule has 0 spiro atoms. The molecule has 0 radical (unpaired) electrons. The average Bonchev–Trinajstić information content (AvgIpc) is 2.54. The number of rotatable bonds is 6. The number of methoxy groups -OCH3 is 1. The molecule has 0 aromatic heterocycles. The zero-order valence-corrected chi connectivity index (χ0v) is 14.7. The van der Waals surface area contributed by atoms with Gasteiger partial charge >= 0.3 is 5.97 Å². The third-order valence-electron chi connectivity index (χ3n) is 3.44. The van der Waals surface area contributed by atoms with E-state index in [0.29, 0.717) is 17.9 Å². The zero-order chi connectivity index (χ0) is 17.7. The second kappa shape index (κ2) is 7.49. The van der Waals surface area contributed by atoms with E-state index in [4.69, 9.17) is 4.74 Å². The molecule has 0 saturated carbocycles. The topological polar surface area (TPSA) is 69.7 Å². The van der Waals surface area contributed by atoms with Crippen LogP contribution in [-0.2, 0) is 25.8 Å². The Hall–Kier alpha value is -2.34. The number of ether oxygens (including phenoxy) is 2. The van der Waals surface area contributed by atoms with E-state index >= 15 is 0 Å². The van der Waals surface area contributed by atoms with Crippen molar-refractivity contribution in [2.75, 3.05) is 13.7 Å². The summed E-state index contributed by atoms with van der Waals surface area (Å²) >= 11 is 0. The van der Waals surface area contributed by atoms with Crippen molar-refractivity contribution in [1.29, 1.82) is 0 Å². The molecule has 0 saturated heterocycles. The number of carbonyl (C=O) groups excluding carboxylic acids is 1. The molecule has 0 atom stereocenters. The van der Waals surface area contributed by atoms with Crippen molar-refractivity contribution in [3.05, 3.63) is 53.6 Å². The number of esters is 1. The van der Waals surface area contributed by atoms with Gasteiger partial charge in [0.15, 0.2) is 0 Å². The quantitative estimate of drug-likeness (QED) is 0.751. The normalized spacial score (nSPS) is 11.1. The fourth-order valence-corrected chi connectivity index (χ4v) is 3.74. The maximum absolute atomic E-state index is 12.9. The Bertz CT molecular complexity index is 840. The summed E-state index contributed by atoms with van der Waals surface area (Å²) in [6.07, 6.45) is -0.0201. The lowest BCUT2D eigenvalue weighted by Crippen LogP contribution is -2.08.